The van der Waals surface area contributed by atoms with Gasteiger partial charge in [0, 0.05) is 11.0 Å². The van der Waals surface area contributed by atoms with Crippen LogP contribution in [0.2, 0.25) is 0 Å². The lowest BCUT2D eigenvalue weighted by molar-refractivity contribution is 0.414. The third kappa shape index (κ3) is 3.49. The van der Waals surface area contributed by atoms with Crippen LogP contribution < -0.4 is 10.5 Å². The molecule has 3 N–H and O–H groups in total. The number of benzene rings is 1. The number of nitrogen functional groups attached to an aromatic ring is 1. The molecule has 106 valence electrons. The minimum Gasteiger partial charge on any atom is -0.398 e. The Morgan fingerprint density at radius 1 is 1.42 bits per heavy atom. The second-order valence-electron chi connectivity index (χ2n) is 5.20. The molecule has 0 spiro atoms. The van der Waals surface area contributed by atoms with Crippen LogP contribution in [0.4, 0.5) is 5.69 Å². The van der Waals surface area contributed by atoms with Crippen LogP contribution in [0.3, 0.4) is 0 Å². The Labute approximate surface area is 122 Å². The maximum atomic E-state index is 12.2. The summed E-state index contributed by atoms with van der Waals surface area (Å²) in [6, 6.07) is 4.82. The van der Waals surface area contributed by atoms with Crippen molar-refractivity contribution in [2.45, 2.75) is 31.1 Å². The quantitative estimate of drug-likeness (QED) is 0.823. The van der Waals surface area contributed by atoms with Gasteiger partial charge in [0.2, 0.25) is 10.0 Å². The molecule has 1 aliphatic rings. The highest BCUT2D eigenvalue weighted by atomic mass is 79.9. The fraction of sp³-hybridized carbons (Fsp3) is 0.538. The van der Waals surface area contributed by atoms with E-state index in [0.29, 0.717) is 18.4 Å². The largest absolute Gasteiger partial charge is 0.398 e. The topological polar surface area (TPSA) is 72.2 Å². The molecule has 19 heavy (non-hydrogen) atoms. The zero-order valence-electron chi connectivity index (χ0n) is 10.9. The first kappa shape index (κ1) is 14.8. The van der Waals surface area contributed by atoms with Gasteiger partial charge in [-0.3, -0.25) is 0 Å². The Bertz CT molecular complexity index is 560. The fourth-order valence-electron chi connectivity index (χ4n) is 2.58. The van der Waals surface area contributed by atoms with E-state index in [2.05, 4.69) is 27.6 Å². The van der Waals surface area contributed by atoms with Gasteiger partial charge >= 0.3 is 0 Å². The maximum Gasteiger partial charge on any atom is 0.242 e. The van der Waals surface area contributed by atoms with Gasteiger partial charge in [-0.1, -0.05) is 35.7 Å². The van der Waals surface area contributed by atoms with Gasteiger partial charge in [-0.25, -0.2) is 13.1 Å². The van der Waals surface area contributed by atoms with Crippen molar-refractivity contribution < 1.29 is 8.42 Å². The molecule has 4 nitrogen and oxygen atoms in total. The van der Waals surface area contributed by atoms with Crippen LogP contribution in [0.25, 0.3) is 0 Å². The van der Waals surface area contributed by atoms with E-state index in [9.17, 15) is 8.42 Å². The van der Waals surface area contributed by atoms with Gasteiger partial charge in [0.1, 0.15) is 4.90 Å². The summed E-state index contributed by atoms with van der Waals surface area (Å²) >= 11 is 3.27. The maximum absolute atomic E-state index is 12.2. The number of nitrogens with two attached hydrogens (primary N) is 1. The van der Waals surface area contributed by atoms with Crippen molar-refractivity contribution >= 4 is 31.6 Å². The van der Waals surface area contributed by atoms with Crippen LogP contribution in [-0.4, -0.2) is 15.0 Å². The molecule has 2 atom stereocenters. The predicted molar refractivity (Wildman–Crippen MR) is 80.2 cm³/mol. The molecule has 1 aromatic carbocycles. The van der Waals surface area contributed by atoms with Crippen LogP contribution in [0.1, 0.15) is 26.2 Å². The highest BCUT2D eigenvalue weighted by Crippen LogP contribution is 2.31. The van der Waals surface area contributed by atoms with E-state index in [1.54, 1.807) is 12.1 Å². The Kier molecular flexibility index (Phi) is 4.53. The number of nitrogens with one attached hydrogen (secondary N) is 1. The van der Waals surface area contributed by atoms with Gasteiger partial charge in [0.05, 0.1) is 5.69 Å². The number of rotatable bonds is 4. The van der Waals surface area contributed by atoms with Gasteiger partial charge in [-0.2, -0.15) is 0 Å². The molecule has 0 aromatic heterocycles. The summed E-state index contributed by atoms with van der Waals surface area (Å²) in [5.41, 5.74) is 6.03. The lowest BCUT2D eigenvalue weighted by Crippen LogP contribution is -2.30. The van der Waals surface area contributed by atoms with Crippen molar-refractivity contribution in [2.75, 3.05) is 12.3 Å². The van der Waals surface area contributed by atoms with Gasteiger partial charge < -0.3 is 5.73 Å². The Balaban J connectivity index is 2.09. The first-order chi connectivity index (χ1) is 8.90. The molecular weight excluding hydrogens is 328 g/mol. The molecule has 2 unspecified atom stereocenters. The molecule has 0 bridgehead atoms. The molecule has 0 radical (unpaired) electrons. The van der Waals surface area contributed by atoms with Crippen LogP contribution in [-0.2, 0) is 10.0 Å². The Hall–Kier alpha value is -0.590. The van der Waals surface area contributed by atoms with Crippen molar-refractivity contribution in [3.8, 4) is 0 Å². The monoisotopic (exact) mass is 346 g/mol. The van der Waals surface area contributed by atoms with Gasteiger partial charge in [0.25, 0.3) is 0 Å². The van der Waals surface area contributed by atoms with Crippen molar-refractivity contribution in [1.82, 2.24) is 4.72 Å². The van der Waals surface area contributed by atoms with Crippen molar-refractivity contribution in [2.24, 2.45) is 11.8 Å². The summed E-state index contributed by atoms with van der Waals surface area (Å²) in [5.74, 6) is 1.02. The zero-order chi connectivity index (χ0) is 14.0. The smallest absolute Gasteiger partial charge is 0.242 e. The summed E-state index contributed by atoms with van der Waals surface area (Å²) in [7, 11) is -3.51. The summed E-state index contributed by atoms with van der Waals surface area (Å²) in [4.78, 5) is 0.154. The van der Waals surface area contributed by atoms with Crippen LogP contribution in [0.5, 0.6) is 0 Å². The molecule has 1 aliphatic carbocycles. The number of hydrogen-bond donors (Lipinski definition) is 2. The predicted octanol–water partition coefficient (Wildman–Crippen LogP) is 2.75. The molecule has 0 amide bonds. The summed E-state index contributed by atoms with van der Waals surface area (Å²) < 4.78 is 27.9. The molecule has 1 aromatic rings. The molecule has 1 saturated carbocycles. The summed E-state index contributed by atoms with van der Waals surface area (Å²) in [5, 5.41) is 0. The van der Waals surface area contributed by atoms with E-state index in [1.165, 1.54) is 18.9 Å². The molecular formula is C13H19BrN2O2S. The van der Waals surface area contributed by atoms with E-state index in [0.717, 1.165) is 10.9 Å². The third-order valence-corrected chi connectivity index (χ3v) is 5.83. The minimum absolute atomic E-state index is 0.154. The molecule has 1 fully saturated rings. The lowest BCUT2D eigenvalue weighted by atomic mass is 9.99. The zero-order valence-corrected chi connectivity index (χ0v) is 13.3. The molecule has 2 rings (SSSR count). The second kappa shape index (κ2) is 5.81. The minimum atomic E-state index is -3.51. The van der Waals surface area contributed by atoms with Crippen LogP contribution in [0, 0.1) is 11.8 Å². The standard InChI is InChI=1S/C13H19BrN2O2S/c1-9-3-2-4-10(9)8-16-19(17,18)13-6-5-11(14)7-12(13)15/h5-7,9-10,16H,2-4,8,15H2,1H3. The number of anilines is 1. The highest BCUT2D eigenvalue weighted by molar-refractivity contribution is 9.10. The molecule has 0 saturated heterocycles. The average Bonchev–Trinajstić information content (AvgIpc) is 2.72. The van der Waals surface area contributed by atoms with E-state index >= 15 is 0 Å². The third-order valence-electron chi connectivity index (χ3n) is 3.84. The first-order valence-electron chi connectivity index (χ1n) is 6.45. The normalized spacial score (nSPS) is 23.7. The molecule has 6 heteroatoms. The highest BCUT2D eigenvalue weighted by Gasteiger charge is 2.26. The number of halogens is 1. The van der Waals surface area contributed by atoms with Crippen LogP contribution in [0.15, 0.2) is 27.6 Å². The van der Waals surface area contributed by atoms with E-state index in [4.69, 9.17) is 5.73 Å². The summed E-state index contributed by atoms with van der Waals surface area (Å²) in [6.07, 6.45) is 3.47. The Morgan fingerprint density at radius 3 is 2.74 bits per heavy atom. The lowest BCUT2D eigenvalue weighted by Gasteiger charge is -2.16. The summed E-state index contributed by atoms with van der Waals surface area (Å²) in [6.45, 7) is 2.68. The number of sulfonamides is 1. The Morgan fingerprint density at radius 2 is 2.16 bits per heavy atom. The van der Waals surface area contributed by atoms with Crippen molar-refractivity contribution in [3.63, 3.8) is 0 Å². The first-order valence-corrected chi connectivity index (χ1v) is 8.72. The van der Waals surface area contributed by atoms with Crippen LogP contribution >= 0.6 is 15.9 Å². The fourth-order valence-corrected chi connectivity index (χ4v) is 4.17. The van der Waals surface area contributed by atoms with E-state index in [1.807, 2.05) is 0 Å². The van der Waals surface area contributed by atoms with Gasteiger partial charge in [0.15, 0.2) is 0 Å². The van der Waals surface area contributed by atoms with E-state index in [-0.39, 0.29) is 10.6 Å². The van der Waals surface area contributed by atoms with Crippen molar-refractivity contribution in [1.29, 1.82) is 0 Å². The average molecular weight is 347 g/mol. The van der Waals surface area contributed by atoms with Crippen molar-refractivity contribution in [3.05, 3.63) is 22.7 Å². The molecule has 0 heterocycles. The van der Waals surface area contributed by atoms with E-state index < -0.39 is 10.0 Å². The number of hydrogen-bond acceptors (Lipinski definition) is 3. The van der Waals surface area contributed by atoms with Gasteiger partial charge in [-0.15, -0.1) is 0 Å². The second-order valence-corrected chi connectivity index (χ2v) is 7.85. The van der Waals surface area contributed by atoms with Gasteiger partial charge in [-0.05, 0) is 36.5 Å². The molecule has 0 aliphatic heterocycles. The SMILES string of the molecule is CC1CCCC1CNS(=O)(=O)c1ccc(Br)cc1N.